The molecule has 0 aliphatic carbocycles. The number of benzene rings is 2. The molecule has 0 radical (unpaired) electrons. The fraction of sp³-hybridized carbons (Fsp3) is 0.143. The molecule has 0 bridgehead atoms. The molecule has 2 aromatic rings. The van der Waals surface area contributed by atoms with Crippen molar-refractivity contribution >= 4 is 16.8 Å². The van der Waals surface area contributed by atoms with Crippen molar-refractivity contribution in [2.24, 2.45) is 0 Å². The Hall–Kier alpha value is -3.56. The standard InChI is InChI=1S/C14H12N2O8/c1-8-12(6-9(24-16(21)22)7-23-15(19)20)14(18)11-5-3-2-4-10(11)13(8)17/h2-6,17-18H,7H2,1H3. The van der Waals surface area contributed by atoms with E-state index in [9.17, 15) is 30.4 Å². The smallest absolute Gasteiger partial charge is 0.299 e. The van der Waals surface area contributed by atoms with E-state index in [0.29, 0.717) is 10.8 Å². The minimum Gasteiger partial charge on any atom is -0.507 e. The second-order valence-corrected chi connectivity index (χ2v) is 4.70. The summed E-state index contributed by atoms with van der Waals surface area (Å²) in [7, 11) is 0. The molecule has 0 saturated carbocycles. The third-order valence-corrected chi connectivity index (χ3v) is 3.26. The summed E-state index contributed by atoms with van der Waals surface area (Å²) in [6.45, 7) is 0.645. The lowest BCUT2D eigenvalue weighted by Gasteiger charge is -2.13. The summed E-state index contributed by atoms with van der Waals surface area (Å²) >= 11 is 0. The Morgan fingerprint density at radius 1 is 1.12 bits per heavy atom. The van der Waals surface area contributed by atoms with Crippen molar-refractivity contribution < 1.29 is 30.1 Å². The van der Waals surface area contributed by atoms with Crippen molar-refractivity contribution in [3.05, 3.63) is 61.4 Å². The summed E-state index contributed by atoms with van der Waals surface area (Å²) in [6, 6.07) is 6.44. The van der Waals surface area contributed by atoms with Crippen LogP contribution in [0.15, 0.2) is 30.0 Å². The Kier molecular flexibility index (Phi) is 4.68. The Balaban J connectivity index is 2.59. The molecule has 0 atom stereocenters. The molecule has 0 aliphatic rings. The number of fused-ring (bicyclic) bond motifs is 1. The number of hydrogen-bond donors (Lipinski definition) is 2. The Labute approximate surface area is 134 Å². The van der Waals surface area contributed by atoms with Gasteiger partial charge in [-0.3, -0.25) is 4.84 Å². The second kappa shape index (κ2) is 6.69. The van der Waals surface area contributed by atoms with Crippen LogP contribution in [0.5, 0.6) is 11.5 Å². The summed E-state index contributed by atoms with van der Waals surface area (Å²) in [6.07, 6.45) is 1.00. The first-order valence-corrected chi connectivity index (χ1v) is 6.54. The van der Waals surface area contributed by atoms with Gasteiger partial charge in [-0.1, -0.05) is 24.3 Å². The number of hydrogen-bond acceptors (Lipinski definition) is 8. The lowest BCUT2D eigenvalue weighted by molar-refractivity contribution is -0.769. The first-order valence-electron chi connectivity index (χ1n) is 6.54. The lowest BCUT2D eigenvalue weighted by Crippen LogP contribution is -2.10. The minimum atomic E-state index is -1.16. The number of phenols is 2. The van der Waals surface area contributed by atoms with Crippen molar-refractivity contribution in [2.75, 3.05) is 6.61 Å². The van der Waals surface area contributed by atoms with Crippen LogP contribution in [0.1, 0.15) is 11.1 Å². The van der Waals surface area contributed by atoms with E-state index in [1.165, 1.54) is 6.92 Å². The molecule has 0 amide bonds. The average molecular weight is 336 g/mol. The number of phenolic OH excluding ortho intramolecular Hbond substituents is 2. The van der Waals surface area contributed by atoms with Gasteiger partial charge in [-0.05, 0) is 13.0 Å². The zero-order chi connectivity index (χ0) is 17.9. The molecular formula is C14H12N2O8. The zero-order valence-corrected chi connectivity index (χ0v) is 12.3. The van der Waals surface area contributed by atoms with Gasteiger partial charge in [-0.2, -0.15) is 0 Å². The highest BCUT2D eigenvalue weighted by Crippen LogP contribution is 2.40. The Morgan fingerprint density at radius 3 is 2.25 bits per heavy atom. The van der Waals surface area contributed by atoms with Crippen LogP contribution in [0, 0.1) is 27.2 Å². The van der Waals surface area contributed by atoms with Crippen LogP contribution < -0.4 is 0 Å². The lowest BCUT2D eigenvalue weighted by atomic mass is 9.98. The summed E-state index contributed by atoms with van der Waals surface area (Å²) in [5.74, 6) is -0.915. The van der Waals surface area contributed by atoms with Gasteiger partial charge in [0.2, 0.25) is 0 Å². The van der Waals surface area contributed by atoms with Gasteiger partial charge in [-0.25, -0.2) is 0 Å². The molecule has 126 valence electrons. The number of nitrogens with zero attached hydrogens (tertiary/aromatic N) is 2. The minimum absolute atomic E-state index is 0.0231. The number of rotatable bonds is 6. The van der Waals surface area contributed by atoms with Gasteiger partial charge < -0.3 is 15.1 Å². The molecule has 2 rings (SSSR count). The van der Waals surface area contributed by atoms with E-state index in [2.05, 4.69) is 9.68 Å². The second-order valence-electron chi connectivity index (χ2n) is 4.70. The summed E-state index contributed by atoms with van der Waals surface area (Å²) in [4.78, 5) is 29.0. The quantitative estimate of drug-likeness (QED) is 0.354. The van der Waals surface area contributed by atoms with Crippen molar-refractivity contribution in [3.63, 3.8) is 0 Å². The van der Waals surface area contributed by atoms with Crippen molar-refractivity contribution in [1.29, 1.82) is 0 Å². The molecule has 0 aliphatic heterocycles. The molecule has 0 fully saturated rings. The van der Waals surface area contributed by atoms with Crippen molar-refractivity contribution in [1.82, 2.24) is 0 Å². The van der Waals surface area contributed by atoms with E-state index >= 15 is 0 Å². The maximum absolute atomic E-state index is 10.5. The number of aromatic hydroxyl groups is 2. The first-order chi connectivity index (χ1) is 11.3. The third-order valence-electron chi connectivity index (χ3n) is 3.26. The molecule has 2 aromatic carbocycles. The fourth-order valence-electron chi connectivity index (χ4n) is 2.19. The van der Waals surface area contributed by atoms with E-state index in [1.54, 1.807) is 24.3 Å². The van der Waals surface area contributed by atoms with Gasteiger partial charge in [-0.15, -0.1) is 20.2 Å². The molecule has 10 heteroatoms. The topological polar surface area (TPSA) is 145 Å². The SMILES string of the molecule is Cc1c(C=C(CO[N+](=O)[O-])O[N+](=O)[O-])c(O)c2ccccc2c1O. The molecule has 0 heterocycles. The van der Waals surface area contributed by atoms with E-state index in [1.807, 2.05) is 0 Å². The monoisotopic (exact) mass is 336 g/mol. The van der Waals surface area contributed by atoms with Crippen LogP contribution in [0.3, 0.4) is 0 Å². The summed E-state index contributed by atoms with van der Waals surface area (Å²) < 4.78 is 0. The molecule has 0 spiro atoms. The van der Waals surface area contributed by atoms with Gasteiger partial charge >= 0.3 is 0 Å². The van der Waals surface area contributed by atoms with Gasteiger partial charge in [0.15, 0.2) is 0 Å². The Morgan fingerprint density at radius 2 is 1.71 bits per heavy atom. The van der Waals surface area contributed by atoms with Crippen molar-refractivity contribution in [3.8, 4) is 11.5 Å². The van der Waals surface area contributed by atoms with Gasteiger partial charge in [0.25, 0.3) is 10.2 Å². The predicted molar refractivity (Wildman–Crippen MR) is 81.0 cm³/mol. The van der Waals surface area contributed by atoms with Crippen LogP contribution in [-0.4, -0.2) is 27.0 Å². The molecule has 0 unspecified atom stereocenters. The largest absolute Gasteiger partial charge is 0.507 e. The van der Waals surface area contributed by atoms with Crippen molar-refractivity contribution in [2.45, 2.75) is 6.92 Å². The highest BCUT2D eigenvalue weighted by Gasteiger charge is 2.16. The maximum Gasteiger partial charge on any atom is 0.299 e. The van der Waals surface area contributed by atoms with Crippen LogP contribution in [0.2, 0.25) is 0 Å². The molecule has 2 N–H and O–H groups in total. The summed E-state index contributed by atoms with van der Waals surface area (Å²) in [5, 5.41) is 39.7. The highest BCUT2D eigenvalue weighted by atomic mass is 17.0. The Bertz CT molecular complexity index is 846. The van der Waals surface area contributed by atoms with E-state index in [-0.39, 0.29) is 22.6 Å². The van der Waals surface area contributed by atoms with Crippen LogP contribution in [-0.2, 0) is 9.68 Å². The fourth-order valence-corrected chi connectivity index (χ4v) is 2.19. The van der Waals surface area contributed by atoms with Crippen LogP contribution >= 0.6 is 0 Å². The third kappa shape index (κ3) is 3.43. The molecular weight excluding hydrogens is 324 g/mol. The van der Waals surface area contributed by atoms with E-state index < -0.39 is 22.5 Å². The maximum atomic E-state index is 10.5. The first kappa shape index (κ1) is 16.8. The van der Waals surface area contributed by atoms with Crippen LogP contribution in [0.25, 0.3) is 16.8 Å². The van der Waals surface area contributed by atoms with Gasteiger partial charge in [0.05, 0.1) is 0 Å². The molecule has 0 saturated heterocycles. The molecule has 10 nitrogen and oxygen atoms in total. The predicted octanol–water partition coefficient (Wildman–Crippen LogP) is 2.32. The normalized spacial score (nSPS) is 11.3. The average Bonchev–Trinajstić information content (AvgIpc) is 2.53. The van der Waals surface area contributed by atoms with Crippen LogP contribution in [0.4, 0.5) is 0 Å². The van der Waals surface area contributed by atoms with Gasteiger partial charge in [0.1, 0.15) is 23.9 Å². The molecule has 24 heavy (non-hydrogen) atoms. The summed E-state index contributed by atoms with van der Waals surface area (Å²) in [5.41, 5.74) is 0.242. The van der Waals surface area contributed by atoms with E-state index in [4.69, 9.17) is 0 Å². The highest BCUT2D eigenvalue weighted by molar-refractivity contribution is 5.97. The van der Waals surface area contributed by atoms with E-state index in [0.717, 1.165) is 6.08 Å². The molecule has 0 aromatic heterocycles. The zero-order valence-electron chi connectivity index (χ0n) is 12.3. The van der Waals surface area contributed by atoms with Gasteiger partial charge in [0, 0.05) is 21.9 Å².